The molecule has 0 fully saturated rings. The predicted molar refractivity (Wildman–Crippen MR) is 258 cm³/mol. The second-order valence-corrected chi connectivity index (χ2v) is 17.6. The molecule has 0 heterocycles. The van der Waals surface area contributed by atoms with Crippen molar-refractivity contribution in [1.82, 2.24) is 0 Å². The Kier molecular flexibility index (Phi) is 8.58. The number of hydrogen-bond donors (Lipinski definition) is 0. The van der Waals surface area contributed by atoms with E-state index in [2.05, 4.69) is 245 Å². The quantitative estimate of drug-likeness (QED) is 0.156. The highest BCUT2D eigenvalue weighted by Crippen LogP contribution is 2.56. The molecule has 0 radical (unpaired) electrons. The van der Waals surface area contributed by atoms with Gasteiger partial charge in [-0.2, -0.15) is 0 Å². The van der Waals surface area contributed by atoms with E-state index in [1.54, 1.807) is 0 Å². The average molecular weight is 782 g/mol. The fraction of sp³-hybridized carbons (Fsp3) is 0.100. The van der Waals surface area contributed by atoms with E-state index in [4.69, 9.17) is 0 Å². The molecule has 1 nitrogen and oxygen atoms in total. The summed E-state index contributed by atoms with van der Waals surface area (Å²) in [7, 11) is 0. The van der Waals surface area contributed by atoms with Crippen LogP contribution in [0.25, 0.3) is 66.8 Å². The molecular weight excluding hydrogens is 735 g/mol. The highest BCUT2D eigenvalue weighted by molar-refractivity contribution is 6.00. The summed E-state index contributed by atoms with van der Waals surface area (Å²) in [6, 6.07) is 78.6. The Bertz CT molecular complexity index is 3150. The van der Waals surface area contributed by atoms with Gasteiger partial charge in [0.15, 0.2) is 0 Å². The molecule has 0 atom stereocenters. The Morgan fingerprint density at radius 3 is 1.30 bits per heavy atom. The minimum atomic E-state index is -0.174. The second kappa shape index (κ2) is 14.2. The van der Waals surface area contributed by atoms with E-state index in [9.17, 15) is 0 Å². The van der Waals surface area contributed by atoms with Crippen molar-refractivity contribution in [3.05, 3.63) is 235 Å². The summed E-state index contributed by atoms with van der Waals surface area (Å²) >= 11 is 0. The predicted octanol–water partition coefficient (Wildman–Crippen LogP) is 16.4. The smallest absolute Gasteiger partial charge is 0.0540 e. The SMILES string of the molecule is CC1(C)c2ccccc2-c2ccc(N(c3ccccc3-c3ccccc3-c3ccccc3-c3ccccc3)c3ccccc3-c3cccc4c3C(C)(C)c3ccccc3-4)cc21. The fourth-order valence-corrected chi connectivity index (χ4v) is 10.6. The third kappa shape index (κ3) is 5.76. The molecule has 0 aliphatic heterocycles. The van der Waals surface area contributed by atoms with Crippen LogP contribution in [0.1, 0.15) is 49.9 Å². The molecule has 1 heteroatoms. The molecule has 0 amide bonds. The third-order valence-corrected chi connectivity index (χ3v) is 13.5. The number of para-hydroxylation sites is 2. The van der Waals surface area contributed by atoms with Crippen molar-refractivity contribution in [1.29, 1.82) is 0 Å². The van der Waals surface area contributed by atoms with Gasteiger partial charge >= 0.3 is 0 Å². The second-order valence-electron chi connectivity index (χ2n) is 17.6. The molecule has 0 aromatic heterocycles. The summed E-state index contributed by atoms with van der Waals surface area (Å²) in [5.41, 5.74) is 23.5. The van der Waals surface area contributed by atoms with Crippen LogP contribution in [0.4, 0.5) is 17.1 Å². The zero-order chi connectivity index (χ0) is 41.3. The molecule has 0 saturated carbocycles. The lowest BCUT2D eigenvalue weighted by molar-refractivity contribution is 0.660. The standard InChI is InChI=1S/C60H47N/c1-59(2)53-33-16-12-27-46(53)48-38-37-41(39-55(48)59)61(57-36-19-15-30-50(57)52-32-20-31-51-47-28-13-17-34-54(47)60(3,4)58(51)52)56-35-18-14-29-49(56)45-26-11-10-25-44(45)43-24-9-8-23-42(43)40-21-6-5-7-22-40/h5-39H,1-4H3. The molecule has 0 saturated heterocycles. The molecule has 0 unspecified atom stereocenters. The van der Waals surface area contributed by atoms with Gasteiger partial charge in [0.2, 0.25) is 0 Å². The molecule has 11 rings (SSSR count). The van der Waals surface area contributed by atoms with Gasteiger partial charge in [0.25, 0.3) is 0 Å². The zero-order valence-electron chi connectivity index (χ0n) is 35.2. The zero-order valence-corrected chi connectivity index (χ0v) is 35.2. The summed E-state index contributed by atoms with van der Waals surface area (Å²) in [4.78, 5) is 2.54. The van der Waals surface area contributed by atoms with Crippen LogP contribution < -0.4 is 4.90 Å². The average Bonchev–Trinajstić information content (AvgIpc) is 3.69. The van der Waals surface area contributed by atoms with E-state index in [-0.39, 0.29) is 10.8 Å². The molecular formula is C60H47N. The number of benzene rings is 9. The highest BCUT2D eigenvalue weighted by atomic mass is 15.1. The van der Waals surface area contributed by atoms with Crippen molar-refractivity contribution in [3.63, 3.8) is 0 Å². The van der Waals surface area contributed by atoms with E-state index in [0.29, 0.717) is 0 Å². The van der Waals surface area contributed by atoms with Crippen LogP contribution >= 0.6 is 0 Å². The third-order valence-electron chi connectivity index (χ3n) is 13.5. The monoisotopic (exact) mass is 781 g/mol. The summed E-state index contributed by atoms with van der Waals surface area (Å²) in [5.74, 6) is 0. The van der Waals surface area contributed by atoms with Crippen LogP contribution in [0, 0.1) is 0 Å². The lowest BCUT2D eigenvalue weighted by Crippen LogP contribution is -2.18. The van der Waals surface area contributed by atoms with E-state index < -0.39 is 0 Å². The van der Waals surface area contributed by atoms with Crippen LogP contribution in [0.15, 0.2) is 212 Å². The molecule has 9 aromatic rings. The van der Waals surface area contributed by atoms with Gasteiger partial charge in [0, 0.05) is 27.6 Å². The van der Waals surface area contributed by atoms with Crippen LogP contribution in [-0.4, -0.2) is 0 Å². The normalized spacial score (nSPS) is 13.8. The number of fused-ring (bicyclic) bond motifs is 6. The van der Waals surface area contributed by atoms with Gasteiger partial charge in [-0.05, 0) is 102 Å². The molecule has 9 aromatic carbocycles. The molecule has 0 bridgehead atoms. The summed E-state index contributed by atoms with van der Waals surface area (Å²) in [5, 5.41) is 0. The first-order valence-electron chi connectivity index (χ1n) is 21.5. The molecule has 0 N–H and O–H groups in total. The van der Waals surface area contributed by atoms with Gasteiger partial charge in [-0.3, -0.25) is 0 Å². The number of hydrogen-bond acceptors (Lipinski definition) is 1. The number of rotatable bonds is 7. The van der Waals surface area contributed by atoms with Crippen LogP contribution in [0.2, 0.25) is 0 Å². The maximum absolute atomic E-state index is 2.54. The maximum Gasteiger partial charge on any atom is 0.0540 e. The minimum Gasteiger partial charge on any atom is -0.309 e. The molecule has 2 aliphatic carbocycles. The lowest BCUT2D eigenvalue weighted by Gasteiger charge is -2.32. The lowest BCUT2D eigenvalue weighted by atomic mass is 9.78. The fourth-order valence-electron chi connectivity index (χ4n) is 10.6. The van der Waals surface area contributed by atoms with Gasteiger partial charge in [-0.25, -0.2) is 0 Å². The molecule has 0 spiro atoms. The largest absolute Gasteiger partial charge is 0.309 e. The minimum absolute atomic E-state index is 0.156. The Morgan fingerprint density at radius 1 is 0.279 bits per heavy atom. The highest BCUT2D eigenvalue weighted by Gasteiger charge is 2.39. The Morgan fingerprint density at radius 2 is 0.672 bits per heavy atom. The van der Waals surface area contributed by atoms with Crippen molar-refractivity contribution < 1.29 is 0 Å². The van der Waals surface area contributed by atoms with Crippen LogP contribution in [0.3, 0.4) is 0 Å². The first-order chi connectivity index (χ1) is 29.8. The van der Waals surface area contributed by atoms with Crippen LogP contribution in [0.5, 0.6) is 0 Å². The maximum atomic E-state index is 2.54. The van der Waals surface area contributed by atoms with Crippen molar-refractivity contribution >= 4 is 17.1 Å². The Hall–Kier alpha value is -7.22. The van der Waals surface area contributed by atoms with Crippen molar-refractivity contribution in [2.24, 2.45) is 0 Å². The van der Waals surface area contributed by atoms with E-state index in [0.717, 1.165) is 17.1 Å². The first kappa shape index (κ1) is 36.8. The summed E-state index contributed by atoms with van der Waals surface area (Å²) in [6.07, 6.45) is 0. The van der Waals surface area contributed by atoms with Crippen molar-refractivity contribution in [2.45, 2.75) is 38.5 Å². The van der Waals surface area contributed by atoms with E-state index in [1.165, 1.54) is 89.0 Å². The van der Waals surface area contributed by atoms with Crippen molar-refractivity contribution in [3.8, 4) is 66.8 Å². The Balaban J connectivity index is 1.17. The Labute approximate surface area is 360 Å². The van der Waals surface area contributed by atoms with Gasteiger partial charge in [-0.1, -0.05) is 216 Å². The van der Waals surface area contributed by atoms with E-state index in [1.807, 2.05) is 0 Å². The topological polar surface area (TPSA) is 3.24 Å². The van der Waals surface area contributed by atoms with Crippen LogP contribution in [-0.2, 0) is 10.8 Å². The van der Waals surface area contributed by atoms with Crippen molar-refractivity contribution in [2.75, 3.05) is 4.90 Å². The van der Waals surface area contributed by atoms with Gasteiger partial charge in [0.1, 0.15) is 0 Å². The summed E-state index contributed by atoms with van der Waals surface area (Å²) in [6.45, 7) is 9.53. The van der Waals surface area contributed by atoms with Gasteiger partial charge in [-0.15, -0.1) is 0 Å². The van der Waals surface area contributed by atoms with Gasteiger partial charge < -0.3 is 4.90 Å². The molecule has 61 heavy (non-hydrogen) atoms. The van der Waals surface area contributed by atoms with E-state index >= 15 is 0 Å². The first-order valence-corrected chi connectivity index (χ1v) is 21.5. The van der Waals surface area contributed by atoms with Gasteiger partial charge in [0.05, 0.1) is 11.4 Å². The molecule has 292 valence electrons. The number of anilines is 3. The summed E-state index contributed by atoms with van der Waals surface area (Å²) < 4.78 is 0. The molecule has 2 aliphatic rings. The number of nitrogens with zero attached hydrogens (tertiary/aromatic N) is 1.